The zero-order valence-corrected chi connectivity index (χ0v) is 19.3. The highest BCUT2D eigenvalue weighted by Crippen LogP contribution is 2.38. The SMILES string of the molecule is Cn1cnnc1CC1(c2cc(C#N)cc(-n3cc4c(C(F)(F)F)cc(Br)cn4c3=O)c2)COC1. The van der Waals surface area contributed by atoms with Crippen LogP contribution in [0.5, 0.6) is 0 Å². The third-order valence-electron chi connectivity index (χ3n) is 6.03. The third-order valence-corrected chi connectivity index (χ3v) is 6.47. The minimum Gasteiger partial charge on any atom is -0.379 e. The van der Waals surface area contributed by atoms with Crippen LogP contribution in [-0.4, -0.2) is 36.9 Å². The van der Waals surface area contributed by atoms with E-state index >= 15 is 0 Å². The quantitative estimate of drug-likeness (QED) is 0.402. The average Bonchev–Trinajstić information content (AvgIpc) is 3.31. The summed E-state index contributed by atoms with van der Waals surface area (Å²) >= 11 is 3.05. The van der Waals surface area contributed by atoms with Crippen molar-refractivity contribution in [2.45, 2.75) is 18.0 Å². The average molecular weight is 533 g/mol. The summed E-state index contributed by atoms with van der Waals surface area (Å²) in [4.78, 5) is 13.1. The number of benzene rings is 1. The molecule has 12 heteroatoms. The maximum atomic E-state index is 13.6. The fourth-order valence-corrected chi connectivity index (χ4v) is 4.61. The number of rotatable bonds is 4. The number of nitrogens with zero attached hydrogens (tertiary/aromatic N) is 6. The van der Waals surface area contributed by atoms with Crippen LogP contribution in [0.3, 0.4) is 0 Å². The number of hydrogen-bond donors (Lipinski definition) is 0. The Kier molecular flexibility index (Phi) is 5.14. The van der Waals surface area contributed by atoms with Crippen LogP contribution in [0.2, 0.25) is 0 Å². The van der Waals surface area contributed by atoms with Crippen LogP contribution >= 0.6 is 15.9 Å². The number of halogens is 4. The summed E-state index contributed by atoms with van der Waals surface area (Å²) in [7, 11) is 1.82. The molecule has 174 valence electrons. The van der Waals surface area contributed by atoms with Gasteiger partial charge in [0.15, 0.2) is 0 Å². The van der Waals surface area contributed by atoms with Crippen molar-refractivity contribution < 1.29 is 17.9 Å². The summed E-state index contributed by atoms with van der Waals surface area (Å²) in [6.07, 6.45) is -0.160. The number of hydrogen-bond acceptors (Lipinski definition) is 5. The summed E-state index contributed by atoms with van der Waals surface area (Å²) in [5, 5.41) is 17.7. The lowest BCUT2D eigenvalue weighted by molar-refractivity contribution is -0.136. The number of fused-ring (bicyclic) bond motifs is 1. The number of aromatic nitrogens is 5. The van der Waals surface area contributed by atoms with E-state index in [0.29, 0.717) is 19.6 Å². The molecule has 4 aromatic rings. The molecule has 0 amide bonds. The van der Waals surface area contributed by atoms with Crippen LogP contribution in [0.4, 0.5) is 13.2 Å². The molecule has 0 N–H and O–H groups in total. The topological polar surface area (TPSA) is 90.1 Å². The van der Waals surface area contributed by atoms with Crippen LogP contribution in [-0.2, 0) is 29.8 Å². The Labute approximate surface area is 199 Å². The minimum absolute atomic E-state index is 0.118. The molecule has 0 unspecified atom stereocenters. The molecular formula is C22H16BrF3N6O2. The second-order valence-corrected chi connectivity index (χ2v) is 9.21. The molecule has 1 saturated heterocycles. The van der Waals surface area contributed by atoms with Gasteiger partial charge >= 0.3 is 11.9 Å². The van der Waals surface area contributed by atoms with Crippen molar-refractivity contribution in [3.63, 3.8) is 0 Å². The molecule has 0 saturated carbocycles. The number of imidazole rings is 1. The van der Waals surface area contributed by atoms with Crippen molar-refractivity contribution >= 4 is 21.4 Å². The number of ether oxygens (including phenoxy) is 1. The smallest absolute Gasteiger partial charge is 0.379 e. The maximum Gasteiger partial charge on any atom is 0.418 e. The Bertz CT molecular complexity index is 1520. The van der Waals surface area contributed by atoms with Gasteiger partial charge in [-0.3, -0.25) is 8.97 Å². The molecule has 1 aliphatic heterocycles. The Morgan fingerprint density at radius 2 is 2.00 bits per heavy atom. The first kappa shape index (κ1) is 22.4. The molecule has 34 heavy (non-hydrogen) atoms. The van der Waals surface area contributed by atoms with E-state index in [1.54, 1.807) is 23.0 Å². The zero-order valence-electron chi connectivity index (χ0n) is 17.7. The number of pyridine rings is 1. The second-order valence-electron chi connectivity index (χ2n) is 8.30. The first-order chi connectivity index (χ1) is 16.1. The minimum atomic E-state index is -4.66. The first-order valence-electron chi connectivity index (χ1n) is 10.1. The number of aryl methyl sites for hydroxylation is 1. The fraction of sp³-hybridized carbons (Fsp3) is 0.273. The van der Waals surface area contributed by atoms with Crippen molar-refractivity contribution in [1.29, 1.82) is 5.26 Å². The molecule has 0 radical (unpaired) electrons. The molecule has 4 heterocycles. The predicted octanol–water partition coefficient (Wildman–Crippen LogP) is 3.38. The van der Waals surface area contributed by atoms with Gasteiger partial charge in [-0.25, -0.2) is 4.79 Å². The van der Waals surface area contributed by atoms with Gasteiger partial charge in [0.1, 0.15) is 12.2 Å². The van der Waals surface area contributed by atoms with Gasteiger partial charge in [-0.1, -0.05) is 0 Å². The van der Waals surface area contributed by atoms with Crippen molar-refractivity contribution in [3.05, 3.63) is 80.5 Å². The largest absolute Gasteiger partial charge is 0.418 e. The lowest BCUT2D eigenvalue weighted by Gasteiger charge is -2.42. The maximum absolute atomic E-state index is 13.6. The molecule has 0 bridgehead atoms. The first-order valence-corrected chi connectivity index (χ1v) is 10.9. The summed E-state index contributed by atoms with van der Waals surface area (Å²) in [5.74, 6) is 0.721. The molecule has 5 rings (SSSR count). The molecule has 0 atom stereocenters. The van der Waals surface area contributed by atoms with Crippen LogP contribution in [0.1, 0.15) is 22.5 Å². The van der Waals surface area contributed by atoms with E-state index in [1.807, 2.05) is 7.05 Å². The van der Waals surface area contributed by atoms with Crippen molar-refractivity contribution in [1.82, 2.24) is 23.7 Å². The standard InChI is InChI=1S/C22H16BrF3N6O2/c1-30-12-28-29-19(30)6-21(10-34-11-21)14-2-13(7-27)3-16(4-14)31-9-18-17(22(24,25)26)5-15(23)8-32(18)20(31)33/h2-5,8-9,12H,6,10-11H2,1H3. The zero-order chi connectivity index (χ0) is 24.3. The number of alkyl halides is 3. The van der Waals surface area contributed by atoms with Crippen LogP contribution in [0.15, 0.2) is 52.3 Å². The van der Waals surface area contributed by atoms with E-state index in [-0.39, 0.29) is 21.2 Å². The van der Waals surface area contributed by atoms with Crippen LogP contribution in [0.25, 0.3) is 11.2 Å². The lowest BCUT2D eigenvalue weighted by atomic mass is 9.75. The van der Waals surface area contributed by atoms with Gasteiger partial charge < -0.3 is 9.30 Å². The molecule has 0 spiro atoms. The van der Waals surface area contributed by atoms with E-state index in [0.717, 1.165) is 32.6 Å². The molecule has 0 aliphatic carbocycles. The van der Waals surface area contributed by atoms with Gasteiger partial charge in [0.2, 0.25) is 0 Å². The normalized spacial score (nSPS) is 15.3. The third kappa shape index (κ3) is 3.61. The summed E-state index contributed by atoms with van der Waals surface area (Å²) in [6, 6.07) is 7.91. The Morgan fingerprint density at radius 3 is 2.59 bits per heavy atom. The highest BCUT2D eigenvalue weighted by atomic mass is 79.9. The van der Waals surface area contributed by atoms with Gasteiger partial charge in [0, 0.05) is 35.7 Å². The van der Waals surface area contributed by atoms with Gasteiger partial charge in [-0.05, 0) is 45.8 Å². The monoisotopic (exact) mass is 532 g/mol. The molecule has 1 fully saturated rings. The van der Waals surface area contributed by atoms with Gasteiger partial charge in [0.05, 0.1) is 41.6 Å². The Hall–Kier alpha value is -3.43. The molecule has 3 aromatic heterocycles. The fourth-order valence-electron chi connectivity index (χ4n) is 4.18. The van der Waals surface area contributed by atoms with E-state index in [2.05, 4.69) is 32.2 Å². The Morgan fingerprint density at radius 1 is 1.24 bits per heavy atom. The van der Waals surface area contributed by atoms with E-state index in [9.17, 15) is 23.2 Å². The molecular weight excluding hydrogens is 517 g/mol. The summed E-state index contributed by atoms with van der Waals surface area (Å²) in [5.41, 5.74) is -1.13. The van der Waals surface area contributed by atoms with E-state index < -0.39 is 22.8 Å². The van der Waals surface area contributed by atoms with E-state index in [1.165, 1.54) is 12.3 Å². The summed E-state index contributed by atoms with van der Waals surface area (Å²) < 4.78 is 50.4. The molecule has 8 nitrogen and oxygen atoms in total. The van der Waals surface area contributed by atoms with Gasteiger partial charge in [-0.15, -0.1) is 10.2 Å². The highest BCUT2D eigenvalue weighted by Gasteiger charge is 2.42. The lowest BCUT2D eigenvalue weighted by Crippen LogP contribution is -2.49. The summed E-state index contributed by atoms with van der Waals surface area (Å²) in [6.45, 7) is 0.734. The van der Waals surface area contributed by atoms with Crippen molar-refractivity contribution in [3.8, 4) is 11.8 Å². The predicted molar refractivity (Wildman–Crippen MR) is 118 cm³/mol. The van der Waals surface area contributed by atoms with Crippen LogP contribution < -0.4 is 5.69 Å². The van der Waals surface area contributed by atoms with Crippen LogP contribution in [0, 0.1) is 11.3 Å². The molecule has 1 aliphatic rings. The van der Waals surface area contributed by atoms with Crippen molar-refractivity contribution in [2.24, 2.45) is 7.05 Å². The number of nitriles is 1. The Balaban J connectivity index is 1.68. The highest BCUT2D eigenvalue weighted by molar-refractivity contribution is 9.10. The molecule has 1 aromatic carbocycles. The van der Waals surface area contributed by atoms with Crippen molar-refractivity contribution in [2.75, 3.05) is 13.2 Å². The van der Waals surface area contributed by atoms with Gasteiger partial charge in [0.25, 0.3) is 0 Å². The van der Waals surface area contributed by atoms with E-state index in [4.69, 9.17) is 4.74 Å². The second kappa shape index (κ2) is 7.82. The van der Waals surface area contributed by atoms with Gasteiger partial charge in [-0.2, -0.15) is 18.4 Å².